The lowest BCUT2D eigenvalue weighted by molar-refractivity contribution is -0.161. The highest BCUT2D eigenvalue weighted by atomic mass is 31.2. The fourth-order valence-corrected chi connectivity index (χ4v) is 6.43. The summed E-state index contributed by atoms with van der Waals surface area (Å²) in [6.45, 7) is 4.25. The lowest BCUT2D eigenvalue weighted by atomic mass is 10.1. The van der Waals surface area contributed by atoms with Gasteiger partial charge < -0.3 is 19.3 Å². The smallest absolute Gasteiger partial charge is 0.462 e. The Morgan fingerprint density at radius 1 is 0.564 bits per heavy atom. The van der Waals surface area contributed by atoms with Crippen LogP contribution in [0.2, 0.25) is 0 Å². The Bertz CT molecular complexity index is 1060. The summed E-state index contributed by atoms with van der Waals surface area (Å²) in [6.07, 6.45) is 44.4. The first-order valence-electron chi connectivity index (χ1n) is 21.9. The van der Waals surface area contributed by atoms with Crippen molar-refractivity contribution in [3.8, 4) is 0 Å². The van der Waals surface area contributed by atoms with Gasteiger partial charge in [0.15, 0.2) is 6.10 Å². The quantitative estimate of drug-likeness (QED) is 0.0280. The van der Waals surface area contributed by atoms with E-state index in [2.05, 4.69) is 62.5 Å². The molecule has 0 rings (SSSR count). The number of carbonyl (C=O) groups excluding carboxylic acids is 2. The number of hydrogen-bond donors (Lipinski definition) is 1. The monoisotopic (exact) mass is 796 g/mol. The molecule has 2 atom stereocenters. The zero-order chi connectivity index (χ0) is 40.5. The fraction of sp³-hybridized carbons (Fsp3) is 0.778. The maximum atomic E-state index is 12.6. The number of hydrogen-bond acceptors (Lipinski definition) is 8. The molecule has 2 unspecified atom stereocenters. The Balaban J connectivity index is 4.36. The Hall–Kier alpha value is -2.03. The number of carbonyl (C=O) groups is 2. The molecule has 0 spiro atoms. The summed E-state index contributed by atoms with van der Waals surface area (Å²) < 4.78 is 33.4. The molecule has 0 radical (unpaired) electrons. The van der Waals surface area contributed by atoms with Crippen LogP contribution in [0.15, 0.2) is 48.6 Å². The third kappa shape index (κ3) is 41.4. The Labute approximate surface area is 337 Å². The van der Waals surface area contributed by atoms with Gasteiger partial charge in [-0.2, -0.15) is 0 Å². The van der Waals surface area contributed by atoms with Crippen LogP contribution in [-0.2, 0) is 32.7 Å². The molecule has 9 nitrogen and oxygen atoms in total. The van der Waals surface area contributed by atoms with Gasteiger partial charge in [-0.3, -0.25) is 18.6 Å². The van der Waals surface area contributed by atoms with Gasteiger partial charge in [0.2, 0.25) is 0 Å². The SMILES string of the molecule is CCCCC/C=C\C/C=C\C/C=C\CCCCCCC(=O)OC(COC(=O)CCCCCCC/C=C\CCCCCCCC)COP(=O)(O)OCCN(C)C. The number of phosphoric acid groups is 1. The minimum atomic E-state index is -4.37. The van der Waals surface area contributed by atoms with Crippen LogP contribution in [0.5, 0.6) is 0 Å². The Morgan fingerprint density at radius 3 is 1.51 bits per heavy atom. The predicted molar refractivity (Wildman–Crippen MR) is 229 cm³/mol. The van der Waals surface area contributed by atoms with Gasteiger partial charge in [0, 0.05) is 19.4 Å². The molecule has 0 amide bonds. The summed E-state index contributed by atoms with van der Waals surface area (Å²) in [6, 6.07) is 0. The van der Waals surface area contributed by atoms with Crippen molar-refractivity contribution in [1.29, 1.82) is 0 Å². The standard InChI is InChI=1S/C45H82NO8P/c1-5-7-9-11-13-15-17-19-21-22-24-26-28-30-32-34-36-38-45(48)54-43(42-53-55(49,50)52-40-39-46(3)4)41-51-44(47)37-35-33-31-29-27-25-23-20-18-16-14-12-10-8-6-2/h13,15,19-21,23-24,26,43H,5-12,14,16-18,22,25,27-42H2,1-4H3,(H,49,50)/b15-13-,21-19-,23-20-,26-24-. The molecule has 320 valence electrons. The summed E-state index contributed by atoms with van der Waals surface area (Å²) in [5.74, 6) is -0.839. The molecule has 0 aliphatic heterocycles. The van der Waals surface area contributed by atoms with E-state index in [0.29, 0.717) is 13.0 Å². The van der Waals surface area contributed by atoms with Gasteiger partial charge in [-0.25, -0.2) is 4.57 Å². The van der Waals surface area contributed by atoms with Gasteiger partial charge in [0.1, 0.15) is 6.61 Å². The molecule has 55 heavy (non-hydrogen) atoms. The van der Waals surface area contributed by atoms with E-state index in [-0.39, 0.29) is 32.0 Å². The van der Waals surface area contributed by atoms with Crippen molar-refractivity contribution in [3.05, 3.63) is 48.6 Å². The van der Waals surface area contributed by atoms with E-state index in [1.165, 1.54) is 70.6 Å². The van der Waals surface area contributed by atoms with Crippen LogP contribution in [0.3, 0.4) is 0 Å². The highest BCUT2D eigenvalue weighted by Gasteiger charge is 2.26. The molecule has 1 N–H and O–H groups in total. The number of allylic oxidation sites excluding steroid dienone is 8. The summed E-state index contributed by atoms with van der Waals surface area (Å²) in [7, 11) is -0.730. The van der Waals surface area contributed by atoms with Crippen LogP contribution in [-0.4, -0.2) is 68.3 Å². The first kappa shape index (κ1) is 53.0. The van der Waals surface area contributed by atoms with Gasteiger partial charge >= 0.3 is 19.8 Å². The molecule has 0 saturated heterocycles. The summed E-state index contributed by atoms with van der Waals surface area (Å²) in [4.78, 5) is 37.0. The Morgan fingerprint density at radius 2 is 0.982 bits per heavy atom. The van der Waals surface area contributed by atoms with E-state index in [1.807, 2.05) is 19.0 Å². The second-order valence-electron chi connectivity index (χ2n) is 14.9. The first-order chi connectivity index (χ1) is 26.7. The van der Waals surface area contributed by atoms with Crippen LogP contribution < -0.4 is 0 Å². The minimum absolute atomic E-state index is 0.000136. The molecular formula is C45H82NO8P. The van der Waals surface area contributed by atoms with Crippen molar-refractivity contribution in [2.45, 2.75) is 187 Å². The van der Waals surface area contributed by atoms with E-state index in [1.54, 1.807) is 0 Å². The highest BCUT2D eigenvalue weighted by molar-refractivity contribution is 7.47. The summed E-state index contributed by atoms with van der Waals surface area (Å²) in [5, 5.41) is 0. The van der Waals surface area contributed by atoms with Crippen molar-refractivity contribution >= 4 is 19.8 Å². The number of nitrogens with zero attached hydrogens (tertiary/aromatic N) is 1. The molecule has 0 aromatic heterocycles. The zero-order valence-electron chi connectivity index (χ0n) is 35.6. The maximum Gasteiger partial charge on any atom is 0.472 e. The van der Waals surface area contributed by atoms with E-state index in [4.69, 9.17) is 18.5 Å². The number of unbranched alkanes of at least 4 members (excludes halogenated alkanes) is 18. The van der Waals surface area contributed by atoms with Crippen LogP contribution in [0.4, 0.5) is 0 Å². The van der Waals surface area contributed by atoms with E-state index in [0.717, 1.165) is 77.0 Å². The van der Waals surface area contributed by atoms with Gasteiger partial charge in [-0.15, -0.1) is 0 Å². The molecular weight excluding hydrogens is 713 g/mol. The number of rotatable bonds is 40. The van der Waals surface area contributed by atoms with Crippen LogP contribution >= 0.6 is 7.82 Å². The van der Waals surface area contributed by atoms with Crippen LogP contribution in [0.25, 0.3) is 0 Å². The normalized spacial score (nSPS) is 13.9. The maximum absolute atomic E-state index is 12.6. The largest absolute Gasteiger partial charge is 0.472 e. The van der Waals surface area contributed by atoms with Crippen LogP contribution in [0.1, 0.15) is 181 Å². The highest BCUT2D eigenvalue weighted by Crippen LogP contribution is 2.43. The Kier molecular flexibility index (Phi) is 38.7. The van der Waals surface area contributed by atoms with Gasteiger partial charge in [0.05, 0.1) is 13.2 Å². The summed E-state index contributed by atoms with van der Waals surface area (Å²) >= 11 is 0. The summed E-state index contributed by atoms with van der Waals surface area (Å²) in [5.41, 5.74) is 0. The average molecular weight is 796 g/mol. The molecule has 0 fully saturated rings. The second-order valence-corrected chi connectivity index (χ2v) is 16.3. The third-order valence-electron chi connectivity index (χ3n) is 9.11. The van der Waals surface area contributed by atoms with E-state index < -0.39 is 26.5 Å². The molecule has 0 aliphatic carbocycles. The minimum Gasteiger partial charge on any atom is -0.462 e. The molecule has 0 aliphatic rings. The number of likely N-dealkylation sites (N-methyl/N-ethyl adjacent to an activating group) is 1. The zero-order valence-corrected chi connectivity index (χ0v) is 36.5. The lowest BCUT2D eigenvalue weighted by Gasteiger charge is -2.20. The van der Waals surface area contributed by atoms with Crippen molar-refractivity contribution < 1.29 is 37.6 Å². The van der Waals surface area contributed by atoms with Gasteiger partial charge in [0.25, 0.3) is 0 Å². The molecule has 0 aromatic rings. The lowest BCUT2D eigenvalue weighted by Crippen LogP contribution is -2.29. The van der Waals surface area contributed by atoms with E-state index >= 15 is 0 Å². The number of ether oxygens (including phenoxy) is 2. The van der Waals surface area contributed by atoms with Crippen LogP contribution in [0, 0.1) is 0 Å². The van der Waals surface area contributed by atoms with Crippen molar-refractivity contribution in [2.24, 2.45) is 0 Å². The average Bonchev–Trinajstić information content (AvgIpc) is 3.15. The predicted octanol–water partition coefficient (Wildman–Crippen LogP) is 12.5. The molecule has 0 aromatic carbocycles. The van der Waals surface area contributed by atoms with Crippen molar-refractivity contribution in [2.75, 3.05) is 40.5 Å². The molecule has 10 heteroatoms. The first-order valence-corrected chi connectivity index (χ1v) is 23.4. The molecule has 0 heterocycles. The number of phosphoric ester groups is 1. The fourth-order valence-electron chi connectivity index (χ4n) is 5.69. The van der Waals surface area contributed by atoms with Gasteiger partial charge in [-0.05, 0) is 91.1 Å². The van der Waals surface area contributed by atoms with Crippen molar-refractivity contribution in [3.63, 3.8) is 0 Å². The molecule has 0 saturated carbocycles. The van der Waals surface area contributed by atoms with Gasteiger partial charge in [-0.1, -0.05) is 140 Å². The molecule has 0 bridgehead atoms. The second kappa shape index (κ2) is 40.2. The number of esters is 2. The van der Waals surface area contributed by atoms with E-state index in [9.17, 15) is 19.0 Å². The topological polar surface area (TPSA) is 112 Å². The third-order valence-corrected chi connectivity index (χ3v) is 10.1. The van der Waals surface area contributed by atoms with Crippen molar-refractivity contribution in [1.82, 2.24) is 4.90 Å².